The normalized spacial score (nSPS) is 20.3. The molecule has 1 aromatic carbocycles. The molecule has 2 heterocycles. The summed E-state index contributed by atoms with van der Waals surface area (Å²) in [6, 6.07) is 5.07. The molecule has 1 atom stereocenters. The van der Waals surface area contributed by atoms with Crippen LogP contribution in [-0.4, -0.2) is 40.5 Å². The standard InChI is InChI=1S/C27H34F3N5O3/c1-16(2)31-25(37)32-23-22-21(34-35(23)12-9-17-4-5-17)15-26(33-24(22)36)11-8-18-14-19(6-7-20(18)26)38-13-3-10-27(28,29)30/h6-7,14,16-17H,3-5,8-13,15H2,1-2H3,(H,33,36)(H2,31,32,37)/t26-/m0/s1. The summed E-state index contributed by atoms with van der Waals surface area (Å²) in [7, 11) is 0. The maximum atomic E-state index is 13.5. The number of nitrogens with one attached hydrogen (secondary N) is 3. The highest BCUT2D eigenvalue weighted by atomic mass is 19.4. The van der Waals surface area contributed by atoms with Gasteiger partial charge in [-0.2, -0.15) is 18.3 Å². The van der Waals surface area contributed by atoms with Gasteiger partial charge < -0.3 is 15.4 Å². The number of carbonyl (C=O) groups is 2. The Balaban J connectivity index is 1.36. The van der Waals surface area contributed by atoms with E-state index in [1.807, 2.05) is 26.0 Å². The number of aryl methyl sites for hydroxylation is 2. The number of urea groups is 1. The first-order chi connectivity index (χ1) is 18.0. The van der Waals surface area contributed by atoms with Crippen molar-refractivity contribution in [1.82, 2.24) is 20.4 Å². The fourth-order valence-corrected chi connectivity index (χ4v) is 5.48. The van der Waals surface area contributed by atoms with Gasteiger partial charge in [0.25, 0.3) is 5.91 Å². The van der Waals surface area contributed by atoms with Gasteiger partial charge in [-0.3, -0.25) is 10.1 Å². The number of benzene rings is 1. The number of fused-ring (bicyclic) bond motifs is 3. The lowest BCUT2D eigenvalue weighted by Crippen LogP contribution is -2.50. The van der Waals surface area contributed by atoms with Crippen LogP contribution in [0.5, 0.6) is 5.75 Å². The summed E-state index contributed by atoms with van der Waals surface area (Å²) in [5.74, 6) is 1.34. The number of rotatable bonds is 9. The molecule has 1 fully saturated rings. The van der Waals surface area contributed by atoms with Gasteiger partial charge in [0.1, 0.15) is 17.1 Å². The first-order valence-corrected chi connectivity index (χ1v) is 13.4. The number of ether oxygens (including phenoxy) is 1. The van der Waals surface area contributed by atoms with E-state index in [2.05, 4.69) is 16.0 Å². The predicted octanol–water partition coefficient (Wildman–Crippen LogP) is 5.06. The Morgan fingerprint density at radius 1 is 1.32 bits per heavy atom. The molecule has 0 unspecified atom stereocenters. The van der Waals surface area contributed by atoms with Gasteiger partial charge in [0.15, 0.2) is 0 Å². The number of amides is 3. The first-order valence-electron chi connectivity index (χ1n) is 13.4. The lowest BCUT2D eigenvalue weighted by molar-refractivity contribution is -0.136. The summed E-state index contributed by atoms with van der Waals surface area (Å²) in [4.78, 5) is 26.1. The molecule has 3 N–H and O–H groups in total. The number of anilines is 1. The Morgan fingerprint density at radius 3 is 2.82 bits per heavy atom. The van der Waals surface area contributed by atoms with Gasteiger partial charge in [0, 0.05) is 25.4 Å². The maximum absolute atomic E-state index is 13.5. The molecule has 2 aliphatic carbocycles. The summed E-state index contributed by atoms with van der Waals surface area (Å²) in [6.45, 7) is 4.35. The molecule has 206 valence electrons. The van der Waals surface area contributed by atoms with E-state index < -0.39 is 18.1 Å². The van der Waals surface area contributed by atoms with Crippen molar-refractivity contribution < 1.29 is 27.5 Å². The molecule has 1 aliphatic heterocycles. The molecule has 11 heteroatoms. The quantitative estimate of drug-likeness (QED) is 0.393. The Hall–Kier alpha value is -3.24. The molecular formula is C27H34F3N5O3. The van der Waals surface area contributed by atoms with Crippen molar-refractivity contribution in [3.05, 3.63) is 40.6 Å². The molecule has 8 nitrogen and oxygen atoms in total. The predicted molar refractivity (Wildman–Crippen MR) is 135 cm³/mol. The second-order valence-corrected chi connectivity index (χ2v) is 11.0. The summed E-state index contributed by atoms with van der Waals surface area (Å²) < 4.78 is 44.5. The van der Waals surface area contributed by atoms with E-state index >= 15 is 0 Å². The number of hydrogen-bond acceptors (Lipinski definition) is 4. The molecule has 2 aromatic rings. The zero-order valence-corrected chi connectivity index (χ0v) is 21.7. The van der Waals surface area contributed by atoms with Gasteiger partial charge in [-0.25, -0.2) is 9.48 Å². The van der Waals surface area contributed by atoms with E-state index in [1.54, 1.807) is 10.7 Å². The largest absolute Gasteiger partial charge is 0.494 e. The maximum Gasteiger partial charge on any atom is 0.389 e. The van der Waals surface area contributed by atoms with Crippen LogP contribution in [0.2, 0.25) is 0 Å². The molecule has 1 spiro atoms. The number of halogens is 3. The van der Waals surface area contributed by atoms with Gasteiger partial charge in [-0.15, -0.1) is 0 Å². The minimum absolute atomic E-state index is 0.0119. The van der Waals surface area contributed by atoms with Crippen molar-refractivity contribution >= 4 is 17.8 Å². The number of alkyl halides is 3. The van der Waals surface area contributed by atoms with Crippen molar-refractivity contribution in [2.75, 3.05) is 11.9 Å². The first kappa shape index (κ1) is 26.4. The SMILES string of the molecule is CC(C)NC(=O)Nc1c2c(nn1CCC1CC1)C[C@]1(CCc3cc(OCCCC(F)(F)F)ccc31)NC2=O. The van der Waals surface area contributed by atoms with Crippen LogP contribution in [0, 0.1) is 5.92 Å². The average molecular weight is 534 g/mol. The molecule has 1 saturated carbocycles. The van der Waals surface area contributed by atoms with Crippen molar-refractivity contribution in [1.29, 1.82) is 0 Å². The Kier molecular flexibility index (Phi) is 7.04. The van der Waals surface area contributed by atoms with Crippen molar-refractivity contribution in [2.45, 2.75) is 89.5 Å². The summed E-state index contributed by atoms with van der Waals surface area (Å²) in [5, 5.41) is 13.7. The molecule has 0 radical (unpaired) electrons. The summed E-state index contributed by atoms with van der Waals surface area (Å²) in [5.41, 5.74) is 2.42. The van der Waals surface area contributed by atoms with Crippen molar-refractivity contribution in [2.24, 2.45) is 5.92 Å². The third-order valence-corrected chi connectivity index (χ3v) is 7.46. The van der Waals surface area contributed by atoms with E-state index in [4.69, 9.17) is 9.84 Å². The average Bonchev–Trinajstić information content (AvgIpc) is 3.51. The number of carbonyl (C=O) groups excluding carboxylic acids is 2. The topological polar surface area (TPSA) is 97.3 Å². The van der Waals surface area contributed by atoms with Crippen molar-refractivity contribution in [3.63, 3.8) is 0 Å². The van der Waals surface area contributed by atoms with Crippen LogP contribution >= 0.6 is 0 Å². The zero-order valence-electron chi connectivity index (χ0n) is 21.7. The highest BCUT2D eigenvalue weighted by Crippen LogP contribution is 2.44. The smallest absolute Gasteiger partial charge is 0.389 e. The molecule has 3 aliphatic rings. The van der Waals surface area contributed by atoms with Gasteiger partial charge in [-0.1, -0.05) is 18.9 Å². The zero-order chi connectivity index (χ0) is 27.1. The number of hydrogen-bond donors (Lipinski definition) is 3. The van der Waals surface area contributed by atoms with Crippen LogP contribution in [0.4, 0.5) is 23.8 Å². The van der Waals surface area contributed by atoms with Gasteiger partial charge in [0.2, 0.25) is 0 Å². The summed E-state index contributed by atoms with van der Waals surface area (Å²) in [6.07, 6.45) is 0.0525. The van der Waals surface area contributed by atoms with Crippen LogP contribution in [0.25, 0.3) is 0 Å². The minimum Gasteiger partial charge on any atom is -0.494 e. The highest BCUT2D eigenvalue weighted by molar-refractivity contribution is 6.05. The highest BCUT2D eigenvalue weighted by Gasteiger charge is 2.46. The van der Waals surface area contributed by atoms with Gasteiger partial charge >= 0.3 is 12.2 Å². The van der Waals surface area contributed by atoms with Crippen LogP contribution in [0.1, 0.15) is 79.6 Å². The fourth-order valence-electron chi connectivity index (χ4n) is 5.48. The summed E-state index contributed by atoms with van der Waals surface area (Å²) >= 11 is 0. The fraction of sp³-hybridized carbons (Fsp3) is 0.593. The van der Waals surface area contributed by atoms with Gasteiger partial charge in [-0.05, 0) is 68.7 Å². The van der Waals surface area contributed by atoms with E-state index in [0.29, 0.717) is 54.5 Å². The van der Waals surface area contributed by atoms with Crippen LogP contribution in [-0.2, 0) is 24.9 Å². The second-order valence-electron chi connectivity index (χ2n) is 11.0. The molecular weight excluding hydrogens is 499 g/mol. The van der Waals surface area contributed by atoms with E-state index in [0.717, 1.165) is 17.5 Å². The molecule has 38 heavy (non-hydrogen) atoms. The van der Waals surface area contributed by atoms with Crippen LogP contribution in [0.15, 0.2) is 18.2 Å². The molecule has 1 aromatic heterocycles. The van der Waals surface area contributed by atoms with Crippen LogP contribution < -0.4 is 20.7 Å². The Bertz CT molecular complexity index is 1220. The van der Waals surface area contributed by atoms with E-state index in [9.17, 15) is 22.8 Å². The molecule has 0 bridgehead atoms. The number of nitrogens with zero attached hydrogens (tertiary/aromatic N) is 2. The third-order valence-electron chi connectivity index (χ3n) is 7.46. The number of aromatic nitrogens is 2. The van der Waals surface area contributed by atoms with E-state index in [1.165, 1.54) is 12.8 Å². The lowest BCUT2D eigenvalue weighted by atomic mass is 9.82. The Labute approximate surface area is 219 Å². The molecule has 0 saturated heterocycles. The second kappa shape index (κ2) is 10.1. The minimum atomic E-state index is -4.19. The lowest BCUT2D eigenvalue weighted by Gasteiger charge is -2.35. The molecule has 5 rings (SSSR count). The Morgan fingerprint density at radius 2 is 2.11 bits per heavy atom. The van der Waals surface area contributed by atoms with Gasteiger partial charge in [0.05, 0.1) is 17.8 Å². The third kappa shape index (κ3) is 5.76. The van der Waals surface area contributed by atoms with Crippen molar-refractivity contribution in [3.8, 4) is 5.75 Å². The molecule has 3 amide bonds. The van der Waals surface area contributed by atoms with Crippen LogP contribution in [0.3, 0.4) is 0 Å². The monoisotopic (exact) mass is 533 g/mol. The van der Waals surface area contributed by atoms with E-state index in [-0.39, 0.29) is 31.0 Å².